The van der Waals surface area contributed by atoms with Gasteiger partial charge in [-0.05, 0) is 37.5 Å². The van der Waals surface area contributed by atoms with Gasteiger partial charge in [-0.25, -0.2) is 9.59 Å². The Labute approximate surface area is 108 Å². The molecule has 102 valence electrons. The topological polar surface area (TPSA) is 69.6 Å². The summed E-state index contributed by atoms with van der Waals surface area (Å²) < 4.78 is 0. The third-order valence-corrected chi connectivity index (χ3v) is 4.14. The highest BCUT2D eigenvalue weighted by atomic mass is 16.4. The second-order valence-corrected chi connectivity index (χ2v) is 5.55. The molecule has 2 rings (SSSR count). The van der Waals surface area contributed by atoms with Gasteiger partial charge >= 0.3 is 12.0 Å². The summed E-state index contributed by atoms with van der Waals surface area (Å²) >= 11 is 0. The van der Waals surface area contributed by atoms with Crippen molar-refractivity contribution in [3.05, 3.63) is 0 Å². The number of likely N-dealkylation sites (tertiary alicyclic amines) is 1. The second kappa shape index (κ2) is 5.59. The van der Waals surface area contributed by atoms with Crippen molar-refractivity contribution in [2.45, 2.75) is 45.1 Å². The van der Waals surface area contributed by atoms with E-state index < -0.39 is 12.0 Å². The molecule has 1 saturated heterocycles. The molecule has 1 aliphatic carbocycles. The number of carboxylic acid groups (broad SMARTS) is 1. The van der Waals surface area contributed by atoms with Gasteiger partial charge in [0.25, 0.3) is 0 Å². The van der Waals surface area contributed by atoms with Gasteiger partial charge in [-0.1, -0.05) is 13.3 Å². The van der Waals surface area contributed by atoms with Crippen LogP contribution in [-0.4, -0.2) is 41.1 Å². The monoisotopic (exact) mass is 254 g/mol. The number of hydrogen-bond donors (Lipinski definition) is 2. The summed E-state index contributed by atoms with van der Waals surface area (Å²) in [6.45, 7) is 3.35. The Hall–Kier alpha value is -1.26. The summed E-state index contributed by atoms with van der Waals surface area (Å²) in [5.41, 5.74) is 0. The van der Waals surface area contributed by atoms with Crippen molar-refractivity contribution >= 4 is 12.0 Å². The standard InChI is InChI=1S/C13H22N2O3/c1-2-11(12(16)17)14-13(18)15-7-9-4-3-5-10(6-9)8-15/h9-11H,2-8H2,1H3,(H,14,18)(H,16,17)/t9?,10?,11-/m1/s1. The van der Waals surface area contributed by atoms with Gasteiger partial charge in [-0.3, -0.25) is 0 Å². The molecule has 1 heterocycles. The number of fused-ring (bicyclic) bond motifs is 2. The van der Waals surface area contributed by atoms with Crippen LogP contribution in [0.4, 0.5) is 4.79 Å². The number of rotatable bonds is 3. The first-order valence-electron chi connectivity index (χ1n) is 6.88. The fourth-order valence-corrected chi connectivity index (χ4v) is 3.18. The van der Waals surface area contributed by atoms with Gasteiger partial charge in [0.15, 0.2) is 0 Å². The van der Waals surface area contributed by atoms with Gasteiger partial charge < -0.3 is 15.3 Å². The molecule has 0 spiro atoms. The Morgan fingerprint density at radius 2 is 1.94 bits per heavy atom. The molecular formula is C13H22N2O3. The largest absolute Gasteiger partial charge is 0.480 e. The number of urea groups is 1. The molecule has 0 aromatic carbocycles. The van der Waals surface area contributed by atoms with Crippen LogP contribution in [0.3, 0.4) is 0 Å². The molecule has 2 aliphatic rings. The van der Waals surface area contributed by atoms with E-state index in [9.17, 15) is 9.59 Å². The van der Waals surface area contributed by atoms with E-state index in [1.54, 1.807) is 6.92 Å². The molecule has 2 N–H and O–H groups in total. The predicted molar refractivity (Wildman–Crippen MR) is 67.3 cm³/mol. The fraction of sp³-hybridized carbons (Fsp3) is 0.846. The summed E-state index contributed by atoms with van der Waals surface area (Å²) in [5.74, 6) is 0.282. The van der Waals surface area contributed by atoms with Gasteiger partial charge in [-0.2, -0.15) is 0 Å². The molecular weight excluding hydrogens is 232 g/mol. The Balaban J connectivity index is 1.91. The normalized spacial score (nSPS) is 28.6. The number of amides is 2. The quantitative estimate of drug-likeness (QED) is 0.805. The van der Waals surface area contributed by atoms with E-state index in [1.807, 2.05) is 4.90 Å². The first-order chi connectivity index (χ1) is 8.60. The molecule has 0 aromatic rings. The van der Waals surface area contributed by atoms with Gasteiger partial charge in [0.05, 0.1) is 0 Å². The van der Waals surface area contributed by atoms with Crippen LogP contribution in [0.2, 0.25) is 0 Å². The van der Waals surface area contributed by atoms with Crippen LogP contribution in [0.1, 0.15) is 39.0 Å². The van der Waals surface area contributed by atoms with Crippen LogP contribution in [-0.2, 0) is 4.79 Å². The van der Waals surface area contributed by atoms with E-state index in [-0.39, 0.29) is 6.03 Å². The van der Waals surface area contributed by atoms with Crippen molar-refractivity contribution in [1.29, 1.82) is 0 Å². The molecule has 1 aliphatic heterocycles. The van der Waals surface area contributed by atoms with Gasteiger partial charge in [0.1, 0.15) is 6.04 Å². The molecule has 2 bridgehead atoms. The smallest absolute Gasteiger partial charge is 0.326 e. The molecule has 2 fully saturated rings. The summed E-state index contributed by atoms with van der Waals surface area (Å²) in [4.78, 5) is 24.8. The van der Waals surface area contributed by atoms with Gasteiger partial charge in [0, 0.05) is 13.1 Å². The average Bonchev–Trinajstić information content (AvgIpc) is 2.34. The maximum absolute atomic E-state index is 12.1. The van der Waals surface area contributed by atoms with Crippen LogP contribution in [0.15, 0.2) is 0 Å². The lowest BCUT2D eigenvalue weighted by molar-refractivity contribution is -0.139. The van der Waals surface area contributed by atoms with Crippen molar-refractivity contribution < 1.29 is 14.7 Å². The molecule has 2 amide bonds. The van der Waals surface area contributed by atoms with Gasteiger partial charge in [0.2, 0.25) is 0 Å². The fourth-order valence-electron chi connectivity index (χ4n) is 3.18. The number of carbonyl (C=O) groups excluding carboxylic acids is 1. The third-order valence-electron chi connectivity index (χ3n) is 4.14. The van der Waals surface area contributed by atoms with Crippen LogP contribution < -0.4 is 5.32 Å². The van der Waals surface area contributed by atoms with E-state index in [4.69, 9.17) is 5.11 Å². The number of aliphatic carboxylic acids is 1. The van der Waals surface area contributed by atoms with Crippen LogP contribution in [0, 0.1) is 11.8 Å². The first-order valence-corrected chi connectivity index (χ1v) is 6.88. The van der Waals surface area contributed by atoms with Gasteiger partial charge in [-0.15, -0.1) is 0 Å². The minimum atomic E-state index is -0.956. The molecule has 5 nitrogen and oxygen atoms in total. The Kier molecular flexibility index (Phi) is 4.09. The minimum absolute atomic E-state index is 0.208. The van der Waals surface area contributed by atoms with E-state index in [1.165, 1.54) is 25.7 Å². The molecule has 1 saturated carbocycles. The maximum atomic E-state index is 12.1. The molecule has 3 atom stereocenters. The molecule has 0 aromatic heterocycles. The Morgan fingerprint density at radius 1 is 1.33 bits per heavy atom. The number of piperidine rings is 1. The SMILES string of the molecule is CC[C@@H](NC(=O)N1CC2CCCC(C2)C1)C(=O)O. The first kappa shape index (κ1) is 13.2. The molecule has 2 unspecified atom stereocenters. The molecule has 5 heteroatoms. The Morgan fingerprint density at radius 3 is 2.44 bits per heavy atom. The molecule has 0 radical (unpaired) electrons. The number of carboxylic acids is 1. The van der Waals surface area contributed by atoms with Crippen LogP contribution in [0.5, 0.6) is 0 Å². The Bertz CT molecular complexity index is 320. The maximum Gasteiger partial charge on any atom is 0.326 e. The van der Waals surface area contributed by atoms with Crippen LogP contribution >= 0.6 is 0 Å². The zero-order valence-corrected chi connectivity index (χ0v) is 10.9. The number of carbonyl (C=O) groups is 2. The number of hydrogen-bond acceptors (Lipinski definition) is 2. The predicted octanol–water partition coefficient (Wildman–Crippen LogP) is 1.68. The highest BCUT2D eigenvalue weighted by Crippen LogP contribution is 2.34. The zero-order chi connectivity index (χ0) is 13.1. The lowest BCUT2D eigenvalue weighted by Crippen LogP contribution is -2.53. The summed E-state index contributed by atoms with van der Waals surface area (Å²) in [7, 11) is 0. The highest BCUT2D eigenvalue weighted by molar-refractivity contribution is 5.82. The van der Waals surface area contributed by atoms with Crippen molar-refractivity contribution in [1.82, 2.24) is 10.2 Å². The summed E-state index contributed by atoms with van der Waals surface area (Å²) in [6.07, 6.45) is 5.34. The summed E-state index contributed by atoms with van der Waals surface area (Å²) in [5, 5.41) is 11.6. The average molecular weight is 254 g/mol. The summed E-state index contributed by atoms with van der Waals surface area (Å²) in [6, 6.07) is -0.972. The van der Waals surface area contributed by atoms with Crippen molar-refractivity contribution in [3.63, 3.8) is 0 Å². The second-order valence-electron chi connectivity index (χ2n) is 5.55. The van der Waals surface area contributed by atoms with E-state index in [0.717, 1.165) is 13.1 Å². The number of nitrogens with zero attached hydrogens (tertiary/aromatic N) is 1. The zero-order valence-electron chi connectivity index (χ0n) is 10.9. The van der Waals surface area contributed by atoms with E-state index >= 15 is 0 Å². The van der Waals surface area contributed by atoms with Crippen molar-refractivity contribution in [3.8, 4) is 0 Å². The lowest BCUT2D eigenvalue weighted by Gasteiger charge is -2.41. The van der Waals surface area contributed by atoms with E-state index in [0.29, 0.717) is 18.3 Å². The minimum Gasteiger partial charge on any atom is -0.480 e. The van der Waals surface area contributed by atoms with Crippen molar-refractivity contribution in [2.24, 2.45) is 11.8 Å². The highest BCUT2D eigenvalue weighted by Gasteiger charge is 2.33. The third kappa shape index (κ3) is 2.94. The van der Waals surface area contributed by atoms with Crippen LogP contribution in [0.25, 0.3) is 0 Å². The lowest BCUT2D eigenvalue weighted by atomic mass is 9.78. The number of nitrogens with one attached hydrogen (secondary N) is 1. The van der Waals surface area contributed by atoms with Crippen molar-refractivity contribution in [2.75, 3.05) is 13.1 Å². The molecule has 18 heavy (non-hydrogen) atoms. The van der Waals surface area contributed by atoms with E-state index in [2.05, 4.69) is 5.32 Å².